The van der Waals surface area contributed by atoms with Crippen LogP contribution in [0.3, 0.4) is 0 Å². The second-order valence-electron chi connectivity index (χ2n) is 5.29. The summed E-state index contributed by atoms with van der Waals surface area (Å²) in [5, 5.41) is 14.3. The van der Waals surface area contributed by atoms with E-state index in [4.69, 9.17) is 16.3 Å². The molecule has 0 atom stereocenters. The molecular formula is C14H18ClN3O2. The van der Waals surface area contributed by atoms with Crippen LogP contribution in [-0.4, -0.2) is 39.9 Å². The SMILES string of the molecule is OC1(CNCc2cn3cc(Cl)ccc3n2)CCOCC1. The van der Waals surface area contributed by atoms with Gasteiger partial charge in [0.25, 0.3) is 0 Å². The first kappa shape index (κ1) is 13.8. The molecule has 0 aliphatic carbocycles. The minimum Gasteiger partial charge on any atom is -0.388 e. The Morgan fingerprint density at radius 3 is 2.95 bits per heavy atom. The Bertz CT molecular complexity index is 593. The van der Waals surface area contributed by atoms with Crippen molar-refractivity contribution in [3.63, 3.8) is 0 Å². The summed E-state index contributed by atoms with van der Waals surface area (Å²) < 4.78 is 7.17. The summed E-state index contributed by atoms with van der Waals surface area (Å²) in [6.45, 7) is 2.45. The van der Waals surface area contributed by atoms with Crippen LogP contribution in [0.4, 0.5) is 0 Å². The van der Waals surface area contributed by atoms with Crippen LogP contribution in [-0.2, 0) is 11.3 Å². The van der Waals surface area contributed by atoms with Gasteiger partial charge in [-0.25, -0.2) is 4.98 Å². The van der Waals surface area contributed by atoms with Crippen molar-refractivity contribution in [1.29, 1.82) is 0 Å². The van der Waals surface area contributed by atoms with Crippen LogP contribution < -0.4 is 5.32 Å². The molecule has 2 aromatic heterocycles. The van der Waals surface area contributed by atoms with Crippen molar-refractivity contribution in [2.45, 2.75) is 25.0 Å². The van der Waals surface area contributed by atoms with Gasteiger partial charge in [0.15, 0.2) is 0 Å². The molecule has 1 aliphatic heterocycles. The highest BCUT2D eigenvalue weighted by atomic mass is 35.5. The summed E-state index contributed by atoms with van der Waals surface area (Å²) in [5.74, 6) is 0. The van der Waals surface area contributed by atoms with Gasteiger partial charge in [-0.2, -0.15) is 0 Å². The predicted molar refractivity (Wildman–Crippen MR) is 76.9 cm³/mol. The first-order valence-corrected chi connectivity index (χ1v) is 7.16. The second-order valence-corrected chi connectivity index (χ2v) is 5.72. The van der Waals surface area contributed by atoms with Crippen LogP contribution in [0.15, 0.2) is 24.5 Å². The number of hydrogen-bond donors (Lipinski definition) is 2. The number of halogens is 1. The topological polar surface area (TPSA) is 58.8 Å². The number of pyridine rings is 1. The van der Waals surface area contributed by atoms with E-state index in [1.807, 2.05) is 28.9 Å². The van der Waals surface area contributed by atoms with Gasteiger partial charge in [0.2, 0.25) is 0 Å². The lowest BCUT2D eigenvalue weighted by Crippen LogP contribution is -2.44. The van der Waals surface area contributed by atoms with Crippen molar-refractivity contribution in [3.05, 3.63) is 35.2 Å². The van der Waals surface area contributed by atoms with Gasteiger partial charge in [-0.15, -0.1) is 0 Å². The van der Waals surface area contributed by atoms with E-state index >= 15 is 0 Å². The minimum absolute atomic E-state index is 0.561. The molecule has 20 heavy (non-hydrogen) atoms. The fraction of sp³-hybridized carbons (Fsp3) is 0.500. The van der Waals surface area contributed by atoms with E-state index in [1.54, 1.807) is 0 Å². The molecule has 0 amide bonds. The number of rotatable bonds is 4. The van der Waals surface area contributed by atoms with E-state index < -0.39 is 5.60 Å². The predicted octanol–water partition coefficient (Wildman–Crippen LogP) is 1.62. The molecule has 1 fully saturated rings. The molecular weight excluding hydrogens is 278 g/mol. The van der Waals surface area contributed by atoms with Gasteiger partial charge in [0.1, 0.15) is 5.65 Å². The van der Waals surface area contributed by atoms with E-state index in [9.17, 15) is 5.11 Å². The van der Waals surface area contributed by atoms with Crippen molar-refractivity contribution in [3.8, 4) is 0 Å². The molecule has 2 N–H and O–H groups in total. The zero-order valence-corrected chi connectivity index (χ0v) is 11.9. The number of nitrogens with one attached hydrogen (secondary N) is 1. The molecule has 0 saturated carbocycles. The van der Waals surface area contributed by atoms with Crippen LogP contribution in [0.5, 0.6) is 0 Å². The number of ether oxygens (including phenoxy) is 1. The summed E-state index contributed by atoms with van der Waals surface area (Å²) >= 11 is 5.94. The third-order valence-corrected chi connectivity index (χ3v) is 3.87. The Morgan fingerprint density at radius 1 is 1.35 bits per heavy atom. The summed E-state index contributed by atoms with van der Waals surface area (Å²) in [6, 6.07) is 3.71. The first-order valence-electron chi connectivity index (χ1n) is 6.79. The molecule has 5 nitrogen and oxygen atoms in total. The summed E-state index contributed by atoms with van der Waals surface area (Å²) in [4.78, 5) is 4.49. The van der Waals surface area contributed by atoms with E-state index in [2.05, 4.69) is 10.3 Å². The van der Waals surface area contributed by atoms with Crippen molar-refractivity contribution in [1.82, 2.24) is 14.7 Å². The van der Waals surface area contributed by atoms with Crippen LogP contribution in [0.25, 0.3) is 5.65 Å². The van der Waals surface area contributed by atoms with Gasteiger partial charge >= 0.3 is 0 Å². The molecule has 6 heteroatoms. The molecule has 0 radical (unpaired) electrons. The Hall–Kier alpha value is -1.14. The van der Waals surface area contributed by atoms with Crippen LogP contribution in [0.1, 0.15) is 18.5 Å². The number of hydrogen-bond acceptors (Lipinski definition) is 4. The number of imidazole rings is 1. The third-order valence-electron chi connectivity index (χ3n) is 3.65. The van der Waals surface area contributed by atoms with Gasteiger partial charge in [-0.1, -0.05) is 11.6 Å². The Morgan fingerprint density at radius 2 is 2.15 bits per heavy atom. The number of fused-ring (bicyclic) bond motifs is 1. The first-order chi connectivity index (χ1) is 9.65. The lowest BCUT2D eigenvalue weighted by molar-refractivity contribution is -0.0617. The maximum Gasteiger partial charge on any atom is 0.137 e. The second kappa shape index (κ2) is 5.69. The molecule has 3 heterocycles. The van der Waals surface area contributed by atoms with Gasteiger partial charge in [0.05, 0.1) is 16.3 Å². The molecule has 0 unspecified atom stereocenters. The van der Waals surface area contributed by atoms with Crippen molar-refractivity contribution < 1.29 is 9.84 Å². The highest BCUT2D eigenvalue weighted by molar-refractivity contribution is 6.30. The van der Waals surface area contributed by atoms with Crippen molar-refractivity contribution in [2.24, 2.45) is 0 Å². The maximum absolute atomic E-state index is 10.3. The van der Waals surface area contributed by atoms with Gasteiger partial charge in [-0.05, 0) is 12.1 Å². The lowest BCUT2D eigenvalue weighted by Gasteiger charge is -2.32. The fourth-order valence-corrected chi connectivity index (χ4v) is 2.62. The average molecular weight is 296 g/mol. The Balaban J connectivity index is 1.59. The Labute approximate surface area is 122 Å². The summed E-state index contributed by atoms with van der Waals surface area (Å²) in [7, 11) is 0. The zero-order chi connectivity index (χ0) is 14.0. The molecule has 2 aromatic rings. The van der Waals surface area contributed by atoms with Gasteiger partial charge in [-0.3, -0.25) is 0 Å². The maximum atomic E-state index is 10.3. The van der Waals surface area contributed by atoms with Gasteiger partial charge < -0.3 is 19.6 Å². The quantitative estimate of drug-likeness (QED) is 0.900. The number of aromatic nitrogens is 2. The molecule has 0 spiro atoms. The normalized spacial score (nSPS) is 18.5. The lowest BCUT2D eigenvalue weighted by atomic mass is 9.94. The van der Waals surface area contributed by atoms with E-state index in [-0.39, 0.29) is 0 Å². The molecule has 1 saturated heterocycles. The monoisotopic (exact) mass is 295 g/mol. The molecule has 3 rings (SSSR count). The Kier molecular flexibility index (Phi) is 3.94. The van der Waals surface area contributed by atoms with E-state index in [0.29, 0.717) is 44.2 Å². The van der Waals surface area contributed by atoms with Crippen molar-refractivity contribution in [2.75, 3.05) is 19.8 Å². The highest BCUT2D eigenvalue weighted by Crippen LogP contribution is 2.19. The number of nitrogens with zero attached hydrogens (tertiary/aromatic N) is 2. The molecule has 1 aliphatic rings. The van der Waals surface area contributed by atoms with E-state index in [0.717, 1.165) is 11.3 Å². The zero-order valence-electron chi connectivity index (χ0n) is 11.2. The molecule has 0 aromatic carbocycles. The largest absolute Gasteiger partial charge is 0.388 e. The third kappa shape index (κ3) is 3.12. The minimum atomic E-state index is -0.652. The van der Waals surface area contributed by atoms with Crippen LogP contribution in [0, 0.1) is 0 Å². The average Bonchev–Trinajstić information content (AvgIpc) is 2.81. The van der Waals surface area contributed by atoms with Crippen LogP contribution in [0.2, 0.25) is 5.02 Å². The standard InChI is InChI=1S/C14H18ClN3O2/c15-11-1-2-13-17-12(9-18(13)8-11)7-16-10-14(19)3-5-20-6-4-14/h1-2,8-9,16,19H,3-7,10H2. The summed E-state index contributed by atoms with van der Waals surface area (Å²) in [6.07, 6.45) is 5.14. The number of aliphatic hydroxyl groups is 1. The molecule has 0 bridgehead atoms. The fourth-order valence-electron chi connectivity index (χ4n) is 2.45. The van der Waals surface area contributed by atoms with Gasteiger partial charge in [0, 0.05) is 51.5 Å². The highest BCUT2D eigenvalue weighted by Gasteiger charge is 2.29. The smallest absolute Gasteiger partial charge is 0.137 e. The summed E-state index contributed by atoms with van der Waals surface area (Å²) in [5.41, 5.74) is 1.15. The van der Waals surface area contributed by atoms with E-state index in [1.165, 1.54) is 0 Å². The van der Waals surface area contributed by atoms with Crippen LogP contribution >= 0.6 is 11.6 Å². The molecule has 108 valence electrons. The van der Waals surface area contributed by atoms with Crippen molar-refractivity contribution >= 4 is 17.2 Å².